The van der Waals surface area contributed by atoms with Gasteiger partial charge in [-0.1, -0.05) is 6.42 Å². The second-order valence-electron chi connectivity index (χ2n) is 5.31. The Morgan fingerprint density at radius 3 is 3.18 bits per heavy atom. The van der Waals surface area contributed by atoms with E-state index in [1.165, 1.54) is 30.8 Å². The lowest BCUT2D eigenvalue weighted by Crippen LogP contribution is -2.36. The molecule has 2 aliphatic rings. The first-order chi connectivity index (χ1) is 8.33. The van der Waals surface area contributed by atoms with Crippen LogP contribution in [0.15, 0.2) is 6.20 Å². The van der Waals surface area contributed by atoms with Crippen molar-refractivity contribution in [3.8, 4) is 0 Å². The summed E-state index contributed by atoms with van der Waals surface area (Å²) in [5.41, 5.74) is 1.20. The normalized spacial score (nSPS) is 29.0. The first-order valence-electron chi connectivity index (χ1n) is 6.77. The van der Waals surface area contributed by atoms with Gasteiger partial charge in [-0.05, 0) is 25.8 Å². The number of aliphatic hydroxyl groups excluding tert-OH is 1. The van der Waals surface area contributed by atoms with Crippen molar-refractivity contribution in [2.45, 2.75) is 57.2 Å². The van der Waals surface area contributed by atoms with Crippen LogP contribution in [0.4, 0.5) is 0 Å². The van der Waals surface area contributed by atoms with Crippen LogP contribution in [0.1, 0.15) is 37.2 Å². The van der Waals surface area contributed by atoms with Gasteiger partial charge in [0.2, 0.25) is 0 Å². The Bertz CT molecular complexity index is 382. The number of hydrogen-bond acceptors (Lipinski definition) is 3. The molecule has 0 aliphatic carbocycles. The molecule has 17 heavy (non-hydrogen) atoms. The molecule has 0 saturated carbocycles. The van der Waals surface area contributed by atoms with Crippen molar-refractivity contribution in [2.75, 3.05) is 6.54 Å². The Morgan fingerprint density at radius 1 is 1.41 bits per heavy atom. The molecule has 1 aromatic rings. The molecule has 2 N–H and O–H groups in total. The van der Waals surface area contributed by atoms with Crippen molar-refractivity contribution in [1.82, 2.24) is 14.9 Å². The van der Waals surface area contributed by atoms with Crippen LogP contribution >= 0.6 is 0 Å². The highest BCUT2D eigenvalue weighted by molar-refractivity contribution is 5.10. The molecule has 4 nitrogen and oxygen atoms in total. The second kappa shape index (κ2) is 4.78. The van der Waals surface area contributed by atoms with Gasteiger partial charge in [0.1, 0.15) is 5.82 Å². The highest BCUT2D eigenvalue weighted by atomic mass is 16.3. The third-order valence-corrected chi connectivity index (χ3v) is 3.99. The van der Waals surface area contributed by atoms with Gasteiger partial charge in [-0.2, -0.15) is 0 Å². The average molecular weight is 235 g/mol. The molecule has 2 aliphatic heterocycles. The summed E-state index contributed by atoms with van der Waals surface area (Å²) < 4.78 is 2.31. The maximum atomic E-state index is 9.63. The summed E-state index contributed by atoms with van der Waals surface area (Å²) in [6.45, 7) is 2.08. The van der Waals surface area contributed by atoms with E-state index in [1.807, 2.05) is 6.20 Å². The summed E-state index contributed by atoms with van der Waals surface area (Å²) in [6.07, 6.45) is 8.37. The molecule has 0 bridgehead atoms. The molecule has 2 unspecified atom stereocenters. The van der Waals surface area contributed by atoms with Crippen molar-refractivity contribution in [2.24, 2.45) is 0 Å². The van der Waals surface area contributed by atoms with Crippen molar-refractivity contribution in [3.63, 3.8) is 0 Å². The summed E-state index contributed by atoms with van der Waals surface area (Å²) in [5, 5.41) is 13.2. The number of aliphatic hydroxyl groups is 1. The van der Waals surface area contributed by atoms with Crippen LogP contribution in [0.2, 0.25) is 0 Å². The third-order valence-electron chi connectivity index (χ3n) is 3.99. The first-order valence-corrected chi connectivity index (χ1v) is 6.77. The minimum atomic E-state index is -0.167. The lowest BCUT2D eigenvalue weighted by atomic mass is 10.0. The van der Waals surface area contributed by atoms with Crippen LogP contribution in [-0.4, -0.2) is 33.3 Å². The molecule has 4 heteroatoms. The maximum absolute atomic E-state index is 9.63. The van der Waals surface area contributed by atoms with E-state index in [-0.39, 0.29) is 6.10 Å². The van der Waals surface area contributed by atoms with E-state index in [4.69, 9.17) is 0 Å². The fourth-order valence-electron chi connectivity index (χ4n) is 2.99. The van der Waals surface area contributed by atoms with E-state index < -0.39 is 0 Å². The van der Waals surface area contributed by atoms with Gasteiger partial charge in [0, 0.05) is 37.3 Å². The SMILES string of the molecule is OC1CCn2c(cnc2CC2CCCCN2)C1. The first kappa shape index (κ1) is 11.2. The van der Waals surface area contributed by atoms with Crippen molar-refractivity contribution in [3.05, 3.63) is 17.7 Å². The number of imidazole rings is 1. The molecule has 3 rings (SSSR count). The lowest BCUT2D eigenvalue weighted by molar-refractivity contribution is 0.142. The van der Waals surface area contributed by atoms with Gasteiger partial charge in [0.05, 0.1) is 6.10 Å². The quantitative estimate of drug-likeness (QED) is 0.800. The smallest absolute Gasteiger partial charge is 0.110 e. The largest absolute Gasteiger partial charge is 0.393 e. The maximum Gasteiger partial charge on any atom is 0.110 e. The lowest BCUT2D eigenvalue weighted by Gasteiger charge is -2.25. The average Bonchev–Trinajstić information content (AvgIpc) is 2.73. The number of fused-ring (bicyclic) bond motifs is 1. The van der Waals surface area contributed by atoms with Gasteiger partial charge in [0.15, 0.2) is 0 Å². The third kappa shape index (κ3) is 2.38. The predicted molar refractivity (Wildman–Crippen MR) is 65.9 cm³/mol. The van der Waals surface area contributed by atoms with Crippen LogP contribution in [0.25, 0.3) is 0 Å². The van der Waals surface area contributed by atoms with E-state index in [9.17, 15) is 5.11 Å². The number of rotatable bonds is 2. The number of hydrogen-bond donors (Lipinski definition) is 2. The molecule has 0 spiro atoms. The van der Waals surface area contributed by atoms with E-state index in [1.54, 1.807) is 0 Å². The highest BCUT2D eigenvalue weighted by Gasteiger charge is 2.22. The molecule has 94 valence electrons. The zero-order valence-electron chi connectivity index (χ0n) is 10.2. The highest BCUT2D eigenvalue weighted by Crippen LogP contribution is 2.19. The van der Waals surface area contributed by atoms with Crippen molar-refractivity contribution in [1.29, 1.82) is 0 Å². The van der Waals surface area contributed by atoms with Crippen molar-refractivity contribution >= 4 is 0 Å². The van der Waals surface area contributed by atoms with Crippen LogP contribution < -0.4 is 5.32 Å². The Hall–Kier alpha value is -0.870. The predicted octanol–water partition coefficient (Wildman–Crippen LogP) is 0.875. The molecular weight excluding hydrogens is 214 g/mol. The van der Waals surface area contributed by atoms with Crippen LogP contribution in [0.5, 0.6) is 0 Å². The van der Waals surface area contributed by atoms with Gasteiger partial charge >= 0.3 is 0 Å². The second-order valence-corrected chi connectivity index (χ2v) is 5.31. The number of aromatic nitrogens is 2. The number of piperidine rings is 1. The topological polar surface area (TPSA) is 50.1 Å². The molecule has 1 saturated heterocycles. The molecule has 0 amide bonds. The summed E-state index contributed by atoms with van der Waals surface area (Å²) in [7, 11) is 0. The Morgan fingerprint density at radius 2 is 2.35 bits per heavy atom. The van der Waals surface area contributed by atoms with Crippen LogP contribution in [-0.2, 0) is 19.4 Å². The summed E-state index contributed by atoms with van der Waals surface area (Å²) in [6, 6.07) is 0.599. The monoisotopic (exact) mass is 235 g/mol. The molecule has 3 heterocycles. The molecule has 1 aromatic heterocycles. The summed E-state index contributed by atoms with van der Waals surface area (Å²) in [5.74, 6) is 1.20. The number of nitrogens with zero attached hydrogens (tertiary/aromatic N) is 2. The van der Waals surface area contributed by atoms with Gasteiger partial charge in [-0.25, -0.2) is 4.98 Å². The Kier molecular flexibility index (Phi) is 3.16. The minimum Gasteiger partial charge on any atom is -0.393 e. The molecular formula is C13H21N3O. The van der Waals surface area contributed by atoms with E-state index >= 15 is 0 Å². The molecule has 0 radical (unpaired) electrons. The van der Waals surface area contributed by atoms with Gasteiger partial charge in [-0.3, -0.25) is 0 Å². The number of nitrogens with one attached hydrogen (secondary N) is 1. The zero-order valence-corrected chi connectivity index (χ0v) is 10.2. The van der Waals surface area contributed by atoms with Gasteiger partial charge in [-0.15, -0.1) is 0 Å². The summed E-state index contributed by atoms with van der Waals surface area (Å²) in [4.78, 5) is 4.54. The van der Waals surface area contributed by atoms with Gasteiger partial charge in [0.25, 0.3) is 0 Å². The van der Waals surface area contributed by atoms with Crippen LogP contribution in [0.3, 0.4) is 0 Å². The summed E-state index contributed by atoms with van der Waals surface area (Å²) >= 11 is 0. The minimum absolute atomic E-state index is 0.167. The molecule has 2 atom stereocenters. The van der Waals surface area contributed by atoms with E-state index in [0.29, 0.717) is 6.04 Å². The van der Waals surface area contributed by atoms with E-state index in [0.717, 1.165) is 32.4 Å². The van der Waals surface area contributed by atoms with Crippen molar-refractivity contribution < 1.29 is 5.11 Å². The van der Waals surface area contributed by atoms with E-state index in [2.05, 4.69) is 14.9 Å². The molecule has 1 fully saturated rings. The zero-order chi connectivity index (χ0) is 11.7. The van der Waals surface area contributed by atoms with Gasteiger partial charge < -0.3 is 15.0 Å². The fraction of sp³-hybridized carbons (Fsp3) is 0.769. The standard InChI is InChI=1S/C13H21N3O/c17-12-4-6-16-11(8-12)9-15-13(16)7-10-3-1-2-5-14-10/h9-10,12,14,17H,1-8H2. The molecule has 0 aromatic carbocycles. The Labute approximate surface area is 102 Å². The fourth-order valence-corrected chi connectivity index (χ4v) is 2.99. The Balaban J connectivity index is 1.71. The van der Waals surface area contributed by atoms with Crippen LogP contribution in [0, 0.1) is 0 Å².